The third kappa shape index (κ3) is 3.66. The van der Waals surface area contributed by atoms with Crippen molar-refractivity contribution in [2.45, 2.75) is 6.92 Å². The molecule has 0 aromatic heterocycles. The van der Waals surface area contributed by atoms with Crippen LogP contribution in [0.15, 0.2) is 59.7 Å². The summed E-state index contributed by atoms with van der Waals surface area (Å²) in [6.07, 6.45) is 0. The van der Waals surface area contributed by atoms with Gasteiger partial charge in [-0.05, 0) is 19.1 Å². The van der Waals surface area contributed by atoms with Crippen LogP contribution in [0.4, 0.5) is 5.69 Å². The first kappa shape index (κ1) is 13.3. The minimum Gasteiger partial charge on any atom is -0.286 e. The van der Waals surface area contributed by atoms with Gasteiger partial charge in [-0.15, -0.1) is 0 Å². The van der Waals surface area contributed by atoms with Gasteiger partial charge in [0.05, 0.1) is 5.69 Å². The van der Waals surface area contributed by atoms with E-state index in [2.05, 4.69) is 10.5 Å². The number of aryl methyl sites for hydroxylation is 1. The lowest BCUT2D eigenvalue weighted by Gasteiger charge is -2.02. The Balaban J connectivity index is 2.07. The predicted octanol–water partition coefficient (Wildman–Crippen LogP) is 3.84. The van der Waals surface area contributed by atoms with E-state index >= 15 is 0 Å². The molecule has 0 unspecified atom stereocenters. The van der Waals surface area contributed by atoms with Gasteiger partial charge in [0, 0.05) is 5.56 Å². The second-order valence-corrected chi connectivity index (χ2v) is 4.43. The van der Waals surface area contributed by atoms with Gasteiger partial charge in [-0.2, -0.15) is 5.10 Å². The third-order valence-electron chi connectivity index (χ3n) is 2.56. The molecule has 96 valence electrons. The molecular weight excluding hydrogens is 260 g/mol. The number of hydrazone groups is 1. The fraction of sp³-hybridized carbons (Fsp3) is 0.0667. The number of nitrogens with zero attached hydrogens (tertiary/aromatic N) is 1. The zero-order valence-electron chi connectivity index (χ0n) is 10.4. The van der Waals surface area contributed by atoms with Gasteiger partial charge in [-0.1, -0.05) is 59.6 Å². The van der Waals surface area contributed by atoms with Crippen LogP contribution in [-0.2, 0) is 0 Å². The average molecular weight is 273 g/mol. The Morgan fingerprint density at radius 1 is 1.05 bits per heavy atom. The maximum atomic E-state index is 11.9. The van der Waals surface area contributed by atoms with Gasteiger partial charge in [-0.3, -0.25) is 10.2 Å². The van der Waals surface area contributed by atoms with E-state index in [0.29, 0.717) is 5.56 Å². The van der Waals surface area contributed by atoms with Crippen molar-refractivity contribution < 1.29 is 4.79 Å². The molecule has 1 N–H and O–H groups in total. The van der Waals surface area contributed by atoms with Crippen LogP contribution in [-0.4, -0.2) is 11.0 Å². The summed E-state index contributed by atoms with van der Waals surface area (Å²) >= 11 is 5.88. The van der Waals surface area contributed by atoms with Crippen LogP contribution in [0.3, 0.4) is 0 Å². The highest BCUT2D eigenvalue weighted by Crippen LogP contribution is 2.10. The van der Waals surface area contributed by atoms with Crippen molar-refractivity contribution in [3.8, 4) is 0 Å². The molecular formula is C15H13ClN2O. The third-order valence-corrected chi connectivity index (χ3v) is 2.81. The zero-order chi connectivity index (χ0) is 13.7. The highest BCUT2D eigenvalue weighted by atomic mass is 35.5. The number of hydrogen-bond donors (Lipinski definition) is 1. The molecule has 0 aliphatic heterocycles. The number of carbonyl (C=O) groups excluding carboxylic acids is 1. The van der Waals surface area contributed by atoms with Crippen LogP contribution in [0.25, 0.3) is 0 Å². The number of hydrogen-bond acceptors (Lipinski definition) is 3. The summed E-state index contributed by atoms with van der Waals surface area (Å²) in [5.41, 5.74) is 5.21. The minimum absolute atomic E-state index is 0.0909. The summed E-state index contributed by atoms with van der Waals surface area (Å²) in [5, 5.41) is 3.79. The molecule has 0 saturated heterocycles. The Bertz CT molecular complexity index is 591. The second kappa shape index (κ2) is 6.16. The summed E-state index contributed by atoms with van der Waals surface area (Å²) in [6, 6.07) is 16.4. The van der Waals surface area contributed by atoms with Crippen LogP contribution in [0.5, 0.6) is 0 Å². The number of carbonyl (C=O) groups is 1. The summed E-state index contributed by atoms with van der Waals surface area (Å²) < 4.78 is 0. The standard InChI is InChI=1S/C15H13ClN2O/c1-11-7-9-13(10-8-11)17-18-15(16)14(19)12-5-3-2-4-6-12/h2-10,17H,1H3/b18-15+. The lowest BCUT2D eigenvalue weighted by Crippen LogP contribution is -2.09. The van der Waals surface area contributed by atoms with Crippen molar-refractivity contribution in [2.24, 2.45) is 5.10 Å². The van der Waals surface area contributed by atoms with Crippen molar-refractivity contribution in [2.75, 3.05) is 5.43 Å². The molecule has 0 radical (unpaired) electrons. The number of Topliss-reactive ketones (excluding diaryl/α,β-unsaturated/α-hetero) is 1. The average Bonchev–Trinajstić information content (AvgIpc) is 2.46. The molecule has 0 amide bonds. The summed E-state index contributed by atoms with van der Waals surface area (Å²) in [5.74, 6) is -0.304. The van der Waals surface area contributed by atoms with E-state index in [0.717, 1.165) is 11.3 Å². The van der Waals surface area contributed by atoms with Gasteiger partial charge in [0.2, 0.25) is 5.78 Å². The molecule has 19 heavy (non-hydrogen) atoms. The summed E-state index contributed by atoms with van der Waals surface area (Å²) in [4.78, 5) is 11.9. The molecule has 4 heteroatoms. The first-order chi connectivity index (χ1) is 9.16. The van der Waals surface area contributed by atoms with Gasteiger partial charge in [0.25, 0.3) is 0 Å². The molecule has 2 aromatic carbocycles. The van der Waals surface area contributed by atoms with E-state index in [1.165, 1.54) is 0 Å². The van der Waals surface area contributed by atoms with E-state index in [-0.39, 0.29) is 11.0 Å². The number of halogens is 1. The van der Waals surface area contributed by atoms with Crippen LogP contribution in [0, 0.1) is 6.92 Å². The predicted molar refractivity (Wildman–Crippen MR) is 78.9 cm³/mol. The zero-order valence-corrected chi connectivity index (χ0v) is 11.2. The van der Waals surface area contributed by atoms with Gasteiger partial charge in [-0.25, -0.2) is 0 Å². The second-order valence-electron chi connectivity index (χ2n) is 4.08. The van der Waals surface area contributed by atoms with Crippen molar-refractivity contribution in [1.82, 2.24) is 0 Å². The first-order valence-electron chi connectivity index (χ1n) is 5.82. The van der Waals surface area contributed by atoms with E-state index in [1.54, 1.807) is 24.3 Å². The lowest BCUT2D eigenvalue weighted by molar-refractivity contribution is 0.106. The van der Waals surface area contributed by atoms with Crippen LogP contribution in [0.2, 0.25) is 0 Å². The van der Waals surface area contributed by atoms with Crippen molar-refractivity contribution in [3.05, 3.63) is 65.7 Å². The molecule has 3 nitrogen and oxygen atoms in total. The molecule has 2 aromatic rings. The monoisotopic (exact) mass is 272 g/mol. The SMILES string of the molecule is Cc1ccc(N/N=C(/Cl)C(=O)c2ccccc2)cc1. The van der Waals surface area contributed by atoms with Gasteiger partial charge >= 0.3 is 0 Å². The maximum absolute atomic E-state index is 11.9. The maximum Gasteiger partial charge on any atom is 0.224 e. The van der Waals surface area contributed by atoms with Gasteiger partial charge in [0.1, 0.15) is 0 Å². The molecule has 0 heterocycles. The molecule has 0 fully saturated rings. The van der Waals surface area contributed by atoms with E-state index < -0.39 is 0 Å². The Morgan fingerprint density at radius 3 is 2.32 bits per heavy atom. The first-order valence-corrected chi connectivity index (χ1v) is 6.20. The molecule has 0 bridgehead atoms. The molecule has 0 aliphatic carbocycles. The topological polar surface area (TPSA) is 41.5 Å². The Hall–Kier alpha value is -2.13. The normalized spacial score (nSPS) is 11.2. The lowest BCUT2D eigenvalue weighted by atomic mass is 10.1. The molecule has 2 rings (SSSR count). The Labute approximate surface area is 116 Å². The molecule has 0 aliphatic rings. The molecule has 0 spiro atoms. The quantitative estimate of drug-likeness (QED) is 0.522. The number of rotatable bonds is 4. The minimum atomic E-state index is -0.304. The smallest absolute Gasteiger partial charge is 0.224 e. The Kier molecular flexibility index (Phi) is 4.31. The molecule has 0 saturated carbocycles. The largest absolute Gasteiger partial charge is 0.286 e. The fourth-order valence-corrected chi connectivity index (χ4v) is 1.65. The highest BCUT2D eigenvalue weighted by Gasteiger charge is 2.10. The van der Waals surface area contributed by atoms with E-state index in [4.69, 9.17) is 11.6 Å². The highest BCUT2D eigenvalue weighted by molar-refractivity contribution is 6.84. The summed E-state index contributed by atoms with van der Waals surface area (Å²) in [6.45, 7) is 2.00. The van der Waals surface area contributed by atoms with E-state index in [1.807, 2.05) is 37.3 Å². The van der Waals surface area contributed by atoms with Crippen molar-refractivity contribution >= 4 is 28.2 Å². The van der Waals surface area contributed by atoms with Gasteiger partial charge in [0.15, 0.2) is 5.17 Å². The fourth-order valence-electron chi connectivity index (χ4n) is 1.50. The van der Waals surface area contributed by atoms with Crippen LogP contribution in [0.1, 0.15) is 15.9 Å². The van der Waals surface area contributed by atoms with Crippen molar-refractivity contribution in [1.29, 1.82) is 0 Å². The van der Waals surface area contributed by atoms with Crippen LogP contribution >= 0.6 is 11.6 Å². The van der Waals surface area contributed by atoms with E-state index in [9.17, 15) is 4.79 Å². The van der Waals surface area contributed by atoms with Crippen LogP contribution < -0.4 is 5.43 Å². The number of benzene rings is 2. The number of anilines is 1. The summed E-state index contributed by atoms with van der Waals surface area (Å²) in [7, 11) is 0. The number of ketones is 1. The van der Waals surface area contributed by atoms with Crippen molar-refractivity contribution in [3.63, 3.8) is 0 Å². The molecule has 0 atom stereocenters. The van der Waals surface area contributed by atoms with Gasteiger partial charge < -0.3 is 0 Å². The number of nitrogens with one attached hydrogen (secondary N) is 1. The Morgan fingerprint density at radius 2 is 1.68 bits per heavy atom.